The van der Waals surface area contributed by atoms with Gasteiger partial charge in [0, 0.05) is 6.54 Å². The number of nitrogens with one attached hydrogen (secondary N) is 1. The molecular formula is C15H24N2O6S. The van der Waals surface area contributed by atoms with Crippen LogP contribution in [-0.2, 0) is 9.47 Å². The Morgan fingerprint density at radius 3 is 2.62 bits per heavy atom. The van der Waals surface area contributed by atoms with E-state index in [-0.39, 0.29) is 30.1 Å². The molecule has 2 atom stereocenters. The van der Waals surface area contributed by atoms with Crippen LogP contribution in [0.15, 0.2) is 5.51 Å². The van der Waals surface area contributed by atoms with E-state index in [1.54, 1.807) is 27.7 Å². The van der Waals surface area contributed by atoms with Gasteiger partial charge in [0.05, 0.1) is 23.1 Å². The van der Waals surface area contributed by atoms with Gasteiger partial charge in [-0.05, 0) is 34.1 Å². The lowest BCUT2D eigenvalue weighted by Crippen LogP contribution is -2.34. The Balaban J connectivity index is 2.54. The molecule has 0 radical (unpaired) electrons. The van der Waals surface area contributed by atoms with Crippen LogP contribution in [0, 0.1) is 0 Å². The van der Waals surface area contributed by atoms with E-state index < -0.39 is 29.9 Å². The maximum Gasteiger partial charge on any atom is 0.407 e. The van der Waals surface area contributed by atoms with E-state index in [0.29, 0.717) is 0 Å². The van der Waals surface area contributed by atoms with Gasteiger partial charge in [0.2, 0.25) is 0 Å². The molecule has 0 saturated carbocycles. The quantitative estimate of drug-likeness (QED) is 0.632. The van der Waals surface area contributed by atoms with Gasteiger partial charge in [-0.1, -0.05) is 0 Å². The highest BCUT2D eigenvalue weighted by Gasteiger charge is 2.27. The lowest BCUT2D eigenvalue weighted by Gasteiger charge is -2.21. The number of esters is 1. The fraction of sp³-hybridized carbons (Fsp3) is 0.667. The molecule has 136 valence electrons. The summed E-state index contributed by atoms with van der Waals surface area (Å²) in [6.45, 7) is 7.19. The zero-order chi connectivity index (χ0) is 18.3. The van der Waals surface area contributed by atoms with Gasteiger partial charge >= 0.3 is 12.1 Å². The van der Waals surface area contributed by atoms with Crippen LogP contribution in [0.4, 0.5) is 4.79 Å². The predicted octanol–water partition coefficient (Wildman–Crippen LogP) is 1.63. The van der Waals surface area contributed by atoms with Crippen molar-refractivity contribution in [3.63, 3.8) is 0 Å². The average molecular weight is 360 g/mol. The number of alkyl carbamates (subject to hydrolysis) is 1. The maximum absolute atomic E-state index is 11.7. The molecule has 1 aromatic rings. The van der Waals surface area contributed by atoms with Crippen molar-refractivity contribution in [1.29, 1.82) is 0 Å². The Kier molecular flexibility index (Phi) is 7.59. The second kappa shape index (κ2) is 8.95. The van der Waals surface area contributed by atoms with E-state index >= 15 is 0 Å². The van der Waals surface area contributed by atoms with Gasteiger partial charge in [0.1, 0.15) is 11.7 Å². The van der Waals surface area contributed by atoms with Crippen molar-refractivity contribution in [3.05, 3.63) is 16.1 Å². The SMILES string of the molecule is CCOC(=O)c1ncsc1C(O)C(O)CCNC(=O)OC(C)(C)C. The highest BCUT2D eigenvalue weighted by atomic mass is 32.1. The van der Waals surface area contributed by atoms with E-state index in [2.05, 4.69) is 10.3 Å². The van der Waals surface area contributed by atoms with Gasteiger partial charge in [-0.15, -0.1) is 11.3 Å². The third-order valence-electron chi connectivity index (χ3n) is 2.81. The summed E-state index contributed by atoms with van der Waals surface area (Å²) in [6.07, 6.45) is -2.99. The van der Waals surface area contributed by atoms with E-state index in [9.17, 15) is 19.8 Å². The minimum atomic E-state index is -1.29. The molecule has 0 saturated heterocycles. The summed E-state index contributed by atoms with van der Waals surface area (Å²) in [5.41, 5.74) is 0.782. The maximum atomic E-state index is 11.7. The zero-order valence-electron chi connectivity index (χ0n) is 14.2. The molecule has 0 aliphatic rings. The Morgan fingerprint density at radius 1 is 1.38 bits per heavy atom. The molecule has 24 heavy (non-hydrogen) atoms. The van der Waals surface area contributed by atoms with E-state index in [1.807, 2.05) is 0 Å². The van der Waals surface area contributed by atoms with Gasteiger partial charge in [-0.25, -0.2) is 14.6 Å². The summed E-state index contributed by atoms with van der Waals surface area (Å²) in [5, 5.41) is 22.7. The molecule has 0 aliphatic heterocycles. The van der Waals surface area contributed by atoms with Crippen molar-refractivity contribution in [2.75, 3.05) is 13.2 Å². The zero-order valence-corrected chi connectivity index (χ0v) is 15.1. The molecule has 1 rings (SSSR count). The van der Waals surface area contributed by atoms with Crippen LogP contribution < -0.4 is 5.32 Å². The molecule has 0 spiro atoms. The highest BCUT2D eigenvalue weighted by molar-refractivity contribution is 7.10. The lowest BCUT2D eigenvalue weighted by molar-refractivity contribution is 0.0129. The van der Waals surface area contributed by atoms with Crippen LogP contribution in [0.25, 0.3) is 0 Å². The first-order chi connectivity index (χ1) is 11.2. The summed E-state index contributed by atoms with van der Waals surface area (Å²) < 4.78 is 9.92. The number of aliphatic hydroxyl groups excluding tert-OH is 2. The summed E-state index contributed by atoms with van der Waals surface area (Å²) in [5.74, 6) is -0.646. The Hall–Kier alpha value is -1.71. The number of aromatic nitrogens is 1. The molecule has 0 aliphatic carbocycles. The van der Waals surface area contributed by atoms with Crippen molar-refractivity contribution in [3.8, 4) is 0 Å². The predicted molar refractivity (Wildman–Crippen MR) is 87.9 cm³/mol. The van der Waals surface area contributed by atoms with Crippen molar-refractivity contribution in [2.45, 2.75) is 51.9 Å². The number of thiazole rings is 1. The molecule has 0 aromatic carbocycles. The number of carbonyl (C=O) groups excluding carboxylic acids is 2. The second-order valence-corrected chi connectivity index (χ2v) is 6.90. The number of hydrogen-bond acceptors (Lipinski definition) is 8. The van der Waals surface area contributed by atoms with E-state index in [1.165, 1.54) is 5.51 Å². The Morgan fingerprint density at radius 2 is 2.04 bits per heavy atom. The van der Waals surface area contributed by atoms with Crippen molar-refractivity contribution in [2.24, 2.45) is 0 Å². The normalized spacial score (nSPS) is 13.9. The minimum Gasteiger partial charge on any atom is -0.461 e. The number of ether oxygens (including phenoxy) is 2. The van der Waals surface area contributed by atoms with Gasteiger partial charge in [0.15, 0.2) is 5.69 Å². The van der Waals surface area contributed by atoms with Crippen LogP contribution in [0.2, 0.25) is 0 Å². The summed E-state index contributed by atoms with van der Waals surface area (Å²) in [4.78, 5) is 27.4. The lowest BCUT2D eigenvalue weighted by atomic mass is 10.1. The summed E-state index contributed by atoms with van der Waals surface area (Å²) >= 11 is 1.05. The number of carbonyl (C=O) groups is 2. The first-order valence-corrected chi connectivity index (χ1v) is 8.47. The molecular weight excluding hydrogens is 336 g/mol. The van der Waals surface area contributed by atoms with Crippen LogP contribution in [0.1, 0.15) is 55.6 Å². The van der Waals surface area contributed by atoms with Crippen LogP contribution >= 0.6 is 11.3 Å². The third-order valence-corrected chi connectivity index (χ3v) is 3.70. The number of nitrogens with zero attached hydrogens (tertiary/aromatic N) is 1. The average Bonchev–Trinajstić information content (AvgIpc) is 2.94. The standard InChI is InChI=1S/C15H24N2O6S/c1-5-22-13(20)10-12(24-8-17-10)11(19)9(18)6-7-16-14(21)23-15(2,3)4/h8-9,11,18-19H,5-7H2,1-4H3,(H,16,21). The molecule has 8 nitrogen and oxygen atoms in total. The highest BCUT2D eigenvalue weighted by Crippen LogP contribution is 2.26. The molecule has 1 amide bonds. The monoisotopic (exact) mass is 360 g/mol. The minimum absolute atomic E-state index is 0.00602. The summed E-state index contributed by atoms with van der Waals surface area (Å²) in [7, 11) is 0. The topological polar surface area (TPSA) is 118 Å². The number of hydrogen-bond donors (Lipinski definition) is 3. The third kappa shape index (κ3) is 6.42. The van der Waals surface area contributed by atoms with Crippen molar-refractivity contribution >= 4 is 23.4 Å². The fourth-order valence-corrected chi connectivity index (χ4v) is 2.60. The van der Waals surface area contributed by atoms with Gasteiger partial charge in [0.25, 0.3) is 0 Å². The van der Waals surface area contributed by atoms with E-state index in [0.717, 1.165) is 11.3 Å². The largest absolute Gasteiger partial charge is 0.461 e. The smallest absolute Gasteiger partial charge is 0.407 e. The fourth-order valence-electron chi connectivity index (χ4n) is 1.79. The molecule has 0 fully saturated rings. The van der Waals surface area contributed by atoms with Crippen molar-refractivity contribution in [1.82, 2.24) is 10.3 Å². The first kappa shape index (κ1) is 20.3. The number of amides is 1. The summed E-state index contributed by atoms with van der Waals surface area (Å²) in [6, 6.07) is 0. The second-order valence-electron chi connectivity index (χ2n) is 6.02. The van der Waals surface area contributed by atoms with Crippen LogP contribution in [0.3, 0.4) is 0 Å². The van der Waals surface area contributed by atoms with Gasteiger partial charge < -0.3 is 25.0 Å². The Labute approximate surface area is 144 Å². The Bertz CT molecular complexity index is 554. The molecule has 1 heterocycles. The molecule has 0 bridgehead atoms. The number of aliphatic hydroxyl groups is 2. The molecule has 2 unspecified atom stereocenters. The van der Waals surface area contributed by atoms with Gasteiger partial charge in [-0.3, -0.25) is 0 Å². The first-order valence-electron chi connectivity index (χ1n) is 7.59. The van der Waals surface area contributed by atoms with E-state index in [4.69, 9.17) is 9.47 Å². The van der Waals surface area contributed by atoms with Crippen molar-refractivity contribution < 1.29 is 29.3 Å². The van der Waals surface area contributed by atoms with Crippen LogP contribution in [0.5, 0.6) is 0 Å². The van der Waals surface area contributed by atoms with Gasteiger partial charge in [-0.2, -0.15) is 0 Å². The number of rotatable bonds is 7. The molecule has 3 N–H and O–H groups in total. The molecule has 1 aromatic heterocycles. The van der Waals surface area contributed by atoms with Crippen LogP contribution in [-0.4, -0.2) is 52.1 Å². The molecule has 9 heteroatoms.